The highest BCUT2D eigenvalue weighted by molar-refractivity contribution is 14.0. The van der Waals surface area contributed by atoms with Crippen LogP contribution in [0.1, 0.15) is 26.7 Å². The van der Waals surface area contributed by atoms with Crippen molar-refractivity contribution in [3.63, 3.8) is 0 Å². The number of ether oxygens (including phenoxy) is 2. The molecule has 1 aromatic rings. The second kappa shape index (κ2) is 12.4. The number of aliphatic hydroxyl groups is 1. The summed E-state index contributed by atoms with van der Waals surface area (Å²) in [6.07, 6.45) is 1.45. The van der Waals surface area contributed by atoms with Gasteiger partial charge >= 0.3 is 0 Å². The number of aliphatic imine (C=N–C) groups is 1. The van der Waals surface area contributed by atoms with Crippen LogP contribution in [0.2, 0.25) is 0 Å². The number of hydrogen-bond donors (Lipinski definition) is 3. The van der Waals surface area contributed by atoms with Gasteiger partial charge in [0.15, 0.2) is 5.96 Å². The summed E-state index contributed by atoms with van der Waals surface area (Å²) in [6.45, 7) is 7.29. The minimum atomic E-state index is -0.314. The number of benzene rings is 1. The molecule has 1 aromatic carbocycles. The van der Waals surface area contributed by atoms with Crippen LogP contribution < -0.4 is 15.4 Å². The maximum absolute atomic E-state index is 13.2. The molecule has 1 saturated heterocycles. The van der Waals surface area contributed by atoms with E-state index in [9.17, 15) is 9.50 Å². The van der Waals surface area contributed by atoms with Gasteiger partial charge in [-0.15, -0.1) is 24.0 Å². The number of hydrogen-bond acceptors (Lipinski definition) is 4. The molecule has 1 fully saturated rings. The third-order valence-corrected chi connectivity index (χ3v) is 4.43. The van der Waals surface area contributed by atoms with E-state index in [4.69, 9.17) is 9.47 Å². The number of rotatable bonds is 9. The predicted molar refractivity (Wildman–Crippen MR) is 115 cm³/mol. The lowest BCUT2D eigenvalue weighted by Gasteiger charge is -2.25. The van der Waals surface area contributed by atoms with Gasteiger partial charge in [0, 0.05) is 31.2 Å². The van der Waals surface area contributed by atoms with E-state index >= 15 is 0 Å². The van der Waals surface area contributed by atoms with Crippen LogP contribution >= 0.6 is 24.0 Å². The van der Waals surface area contributed by atoms with Crippen LogP contribution in [0.15, 0.2) is 29.3 Å². The van der Waals surface area contributed by atoms with Crippen LogP contribution in [0.4, 0.5) is 4.39 Å². The lowest BCUT2D eigenvalue weighted by molar-refractivity contribution is 0.131. The fourth-order valence-corrected chi connectivity index (χ4v) is 2.93. The predicted octanol–water partition coefficient (Wildman–Crippen LogP) is 2.56. The minimum Gasteiger partial charge on any atom is -0.489 e. The first-order chi connectivity index (χ1) is 12.6. The quantitative estimate of drug-likeness (QED) is 0.279. The molecule has 2 unspecified atom stereocenters. The van der Waals surface area contributed by atoms with Crippen molar-refractivity contribution in [2.24, 2.45) is 10.4 Å². The van der Waals surface area contributed by atoms with Gasteiger partial charge in [0.1, 0.15) is 17.7 Å². The van der Waals surface area contributed by atoms with Crippen LogP contribution in [-0.4, -0.2) is 56.6 Å². The van der Waals surface area contributed by atoms with Gasteiger partial charge in [0.05, 0.1) is 19.7 Å². The molecule has 2 rings (SSSR count). The van der Waals surface area contributed by atoms with Crippen LogP contribution in [0.25, 0.3) is 0 Å². The molecule has 0 aromatic heterocycles. The Bertz CT molecular complexity index is 583. The smallest absolute Gasteiger partial charge is 0.191 e. The monoisotopic (exact) mass is 495 g/mol. The summed E-state index contributed by atoms with van der Waals surface area (Å²) >= 11 is 0. The molecule has 27 heavy (non-hydrogen) atoms. The summed E-state index contributed by atoms with van der Waals surface area (Å²) in [4.78, 5) is 4.67. The van der Waals surface area contributed by atoms with E-state index in [2.05, 4.69) is 15.6 Å². The van der Waals surface area contributed by atoms with Gasteiger partial charge < -0.3 is 25.2 Å². The Morgan fingerprint density at radius 3 is 2.89 bits per heavy atom. The third kappa shape index (κ3) is 8.18. The first kappa shape index (κ1) is 23.9. The number of halogens is 2. The zero-order valence-corrected chi connectivity index (χ0v) is 18.4. The van der Waals surface area contributed by atoms with Gasteiger partial charge in [0.2, 0.25) is 0 Å². The summed E-state index contributed by atoms with van der Waals surface area (Å²) in [5.74, 6) is 0.892. The summed E-state index contributed by atoms with van der Waals surface area (Å²) in [7, 11) is 0. The van der Waals surface area contributed by atoms with E-state index in [0.717, 1.165) is 19.6 Å². The first-order valence-corrected chi connectivity index (χ1v) is 9.20. The van der Waals surface area contributed by atoms with Gasteiger partial charge in [-0.3, -0.25) is 4.99 Å². The Morgan fingerprint density at radius 1 is 1.44 bits per heavy atom. The van der Waals surface area contributed by atoms with E-state index in [1.54, 1.807) is 12.1 Å². The normalized spacial score (nSPS) is 20.7. The molecule has 0 spiro atoms. The molecule has 154 valence electrons. The standard InChI is InChI=1S/C19H30FN3O3.HI/c1-3-21-18(23-13-19(7-9-24)8-10-25-14-19)22-12-15(2)26-17-6-4-5-16(20)11-17;/h4-6,11,15,24H,3,7-10,12-14H2,1-2H3,(H2,21,22,23);1H. The molecule has 0 aliphatic carbocycles. The molecule has 1 aliphatic heterocycles. The molecule has 0 saturated carbocycles. The number of nitrogens with one attached hydrogen (secondary N) is 2. The molecular formula is C19H31FIN3O3. The zero-order chi connectivity index (χ0) is 18.8. The van der Waals surface area contributed by atoms with Gasteiger partial charge in [-0.25, -0.2) is 4.39 Å². The number of guanidine groups is 1. The Balaban J connectivity index is 0.00000364. The second-order valence-corrected chi connectivity index (χ2v) is 6.74. The fraction of sp³-hybridized carbons (Fsp3) is 0.632. The SMILES string of the molecule is CCNC(=NCC1(CCO)CCOC1)NCC(C)Oc1cccc(F)c1.I. The van der Waals surface area contributed by atoms with Crippen molar-refractivity contribution in [2.45, 2.75) is 32.8 Å². The van der Waals surface area contributed by atoms with E-state index in [0.29, 0.717) is 37.8 Å². The van der Waals surface area contributed by atoms with Crippen LogP contribution in [0.5, 0.6) is 5.75 Å². The van der Waals surface area contributed by atoms with Crippen LogP contribution in [0.3, 0.4) is 0 Å². The lowest BCUT2D eigenvalue weighted by atomic mass is 9.84. The molecule has 1 heterocycles. The maximum atomic E-state index is 13.2. The molecule has 2 atom stereocenters. The van der Waals surface area contributed by atoms with Crippen LogP contribution in [0, 0.1) is 11.2 Å². The van der Waals surface area contributed by atoms with Crippen molar-refractivity contribution in [1.29, 1.82) is 0 Å². The fourth-order valence-electron chi connectivity index (χ4n) is 2.93. The molecule has 0 bridgehead atoms. The molecule has 6 nitrogen and oxygen atoms in total. The summed E-state index contributed by atoms with van der Waals surface area (Å²) in [5.41, 5.74) is -0.0826. The maximum Gasteiger partial charge on any atom is 0.191 e. The number of aliphatic hydroxyl groups excluding tert-OH is 1. The first-order valence-electron chi connectivity index (χ1n) is 9.20. The Hall–Kier alpha value is -1.13. The van der Waals surface area contributed by atoms with Crippen LogP contribution in [-0.2, 0) is 4.74 Å². The topological polar surface area (TPSA) is 75.1 Å². The number of nitrogens with zero attached hydrogens (tertiary/aromatic N) is 1. The van der Waals surface area contributed by atoms with Gasteiger partial charge in [-0.05, 0) is 38.8 Å². The van der Waals surface area contributed by atoms with E-state index in [-0.39, 0.29) is 47.9 Å². The van der Waals surface area contributed by atoms with Crippen molar-refractivity contribution in [1.82, 2.24) is 10.6 Å². The lowest BCUT2D eigenvalue weighted by Crippen LogP contribution is -2.42. The average molecular weight is 495 g/mol. The summed E-state index contributed by atoms with van der Waals surface area (Å²) in [5, 5.41) is 15.8. The van der Waals surface area contributed by atoms with Crippen molar-refractivity contribution in [3.05, 3.63) is 30.1 Å². The molecular weight excluding hydrogens is 464 g/mol. The Labute approximate surface area is 177 Å². The highest BCUT2D eigenvalue weighted by Gasteiger charge is 2.34. The molecule has 8 heteroatoms. The van der Waals surface area contributed by atoms with Crippen molar-refractivity contribution in [2.75, 3.05) is 39.5 Å². The molecule has 0 amide bonds. The van der Waals surface area contributed by atoms with Crippen molar-refractivity contribution in [3.8, 4) is 5.75 Å². The van der Waals surface area contributed by atoms with Gasteiger partial charge in [-0.2, -0.15) is 0 Å². The van der Waals surface area contributed by atoms with Crippen molar-refractivity contribution < 1.29 is 19.0 Å². The van der Waals surface area contributed by atoms with E-state index in [1.165, 1.54) is 12.1 Å². The second-order valence-electron chi connectivity index (χ2n) is 6.74. The Kier molecular flexibility index (Phi) is 10.9. The largest absolute Gasteiger partial charge is 0.489 e. The average Bonchev–Trinajstić information content (AvgIpc) is 3.06. The van der Waals surface area contributed by atoms with E-state index in [1.807, 2.05) is 13.8 Å². The highest BCUT2D eigenvalue weighted by atomic mass is 127. The van der Waals surface area contributed by atoms with Crippen molar-refractivity contribution >= 4 is 29.9 Å². The molecule has 1 aliphatic rings. The zero-order valence-electron chi connectivity index (χ0n) is 16.0. The van der Waals surface area contributed by atoms with E-state index < -0.39 is 0 Å². The summed E-state index contributed by atoms with van der Waals surface area (Å²) < 4.78 is 24.5. The van der Waals surface area contributed by atoms with Gasteiger partial charge in [-0.1, -0.05) is 6.07 Å². The minimum absolute atomic E-state index is 0. The Morgan fingerprint density at radius 2 is 2.26 bits per heavy atom. The third-order valence-electron chi connectivity index (χ3n) is 4.43. The molecule has 3 N–H and O–H groups in total. The molecule has 0 radical (unpaired) electrons. The summed E-state index contributed by atoms with van der Waals surface area (Å²) in [6, 6.07) is 6.12. The highest BCUT2D eigenvalue weighted by Crippen LogP contribution is 2.32. The van der Waals surface area contributed by atoms with Gasteiger partial charge in [0.25, 0.3) is 0 Å².